The topological polar surface area (TPSA) is 110 Å². The third-order valence-corrected chi connectivity index (χ3v) is 11.6. The van der Waals surface area contributed by atoms with Crippen LogP contribution in [0.1, 0.15) is 70.1 Å². The molecule has 59 heavy (non-hydrogen) atoms. The minimum absolute atomic E-state index is 0.0835. The number of nitrogens with zero attached hydrogens (tertiary/aromatic N) is 2. The number of carbonyl (C=O) groups is 2. The van der Waals surface area contributed by atoms with Gasteiger partial charge >= 0.3 is 5.97 Å². The molecule has 4 atom stereocenters. The number of fused-ring (bicyclic) bond motifs is 2. The van der Waals surface area contributed by atoms with Crippen molar-refractivity contribution in [2.45, 2.75) is 77.4 Å². The minimum Gasteiger partial charge on any atom is -0.489 e. The molecule has 0 aliphatic carbocycles. The van der Waals surface area contributed by atoms with Gasteiger partial charge in [-0.15, -0.1) is 0 Å². The van der Waals surface area contributed by atoms with Gasteiger partial charge in [-0.1, -0.05) is 104 Å². The Balaban J connectivity index is 1.00. The van der Waals surface area contributed by atoms with E-state index in [2.05, 4.69) is 34.3 Å². The van der Waals surface area contributed by atoms with Crippen LogP contribution in [0.3, 0.4) is 0 Å². The molecule has 1 amide bonds. The number of amides is 1. The van der Waals surface area contributed by atoms with Crippen LogP contribution in [0.15, 0.2) is 134 Å². The third kappa shape index (κ3) is 8.86. The molecule has 2 aliphatic heterocycles. The predicted octanol–water partition coefficient (Wildman–Crippen LogP) is 9.15. The van der Waals surface area contributed by atoms with Crippen LogP contribution in [0.5, 0.6) is 17.2 Å². The quantitative estimate of drug-likeness (QED) is 0.119. The van der Waals surface area contributed by atoms with Crippen molar-refractivity contribution in [1.82, 2.24) is 15.2 Å². The highest BCUT2D eigenvalue weighted by Gasteiger charge is 2.38. The maximum atomic E-state index is 14.4. The molecule has 0 saturated heterocycles. The molecular weight excluding hydrogens is 739 g/mol. The summed E-state index contributed by atoms with van der Waals surface area (Å²) >= 11 is 0. The van der Waals surface area contributed by atoms with Crippen molar-refractivity contribution >= 4 is 11.9 Å². The second kappa shape index (κ2) is 17.6. The van der Waals surface area contributed by atoms with E-state index in [-0.39, 0.29) is 24.5 Å². The zero-order valence-electron chi connectivity index (χ0n) is 33.6. The van der Waals surface area contributed by atoms with E-state index in [0.717, 1.165) is 67.9 Å². The van der Waals surface area contributed by atoms with Crippen LogP contribution in [-0.4, -0.2) is 45.6 Å². The number of benzene rings is 5. The SMILES string of the molecule is CCC(c1ccccc1)N1Cc2cc3c(cc2CC1C(=O)NC(Cc1ccc(-c2ccnc(C)c2C)cc1)C(=O)O)OCC(c1ccc(OCc2ccccc2)cc1)O3. The highest BCUT2D eigenvalue weighted by Crippen LogP contribution is 2.42. The molecule has 0 bridgehead atoms. The molecule has 2 aliphatic rings. The molecule has 6 aromatic rings. The molecule has 5 aromatic carbocycles. The zero-order valence-corrected chi connectivity index (χ0v) is 33.6. The van der Waals surface area contributed by atoms with Gasteiger partial charge in [-0.05, 0) is 107 Å². The Hall–Kier alpha value is -6.45. The maximum Gasteiger partial charge on any atom is 0.326 e. The van der Waals surface area contributed by atoms with Crippen LogP contribution in [0.25, 0.3) is 11.1 Å². The number of ether oxygens (including phenoxy) is 3. The van der Waals surface area contributed by atoms with E-state index in [1.54, 1.807) is 6.20 Å². The van der Waals surface area contributed by atoms with E-state index in [1.165, 1.54) is 0 Å². The van der Waals surface area contributed by atoms with E-state index in [4.69, 9.17) is 14.2 Å². The average molecular weight is 788 g/mol. The largest absolute Gasteiger partial charge is 0.489 e. The molecule has 0 radical (unpaired) electrons. The van der Waals surface area contributed by atoms with Crippen LogP contribution in [0.4, 0.5) is 0 Å². The number of rotatable bonds is 13. The summed E-state index contributed by atoms with van der Waals surface area (Å²) in [6.45, 7) is 7.45. The standard InChI is InChI=1S/C50H49N3O6/c1-4-44(37-13-9-6-10-14-37)53-29-40-28-47-46(58-31-48(59-47)38-19-21-41(22-20-38)57-30-35-11-7-5-8-12-35)27-39(40)26-45(53)49(54)52-43(50(55)56)25-34-15-17-36(18-16-34)42-23-24-51-33(3)32(42)2/h5-24,27-28,43-45,48H,4,25-26,29-31H2,1-3H3,(H,52,54)(H,55,56). The van der Waals surface area contributed by atoms with Crippen LogP contribution < -0.4 is 19.5 Å². The summed E-state index contributed by atoms with van der Waals surface area (Å²) in [5.74, 6) is 0.676. The van der Waals surface area contributed by atoms with Crippen molar-refractivity contribution in [3.05, 3.63) is 178 Å². The van der Waals surface area contributed by atoms with Crippen molar-refractivity contribution in [3.8, 4) is 28.4 Å². The van der Waals surface area contributed by atoms with Crippen molar-refractivity contribution in [2.24, 2.45) is 0 Å². The summed E-state index contributed by atoms with van der Waals surface area (Å²) in [5.41, 5.74) is 10.2. The number of carboxylic acid groups (broad SMARTS) is 1. The molecule has 300 valence electrons. The fourth-order valence-corrected chi connectivity index (χ4v) is 8.24. The lowest BCUT2D eigenvalue weighted by Gasteiger charge is -2.42. The number of aromatic nitrogens is 1. The number of hydrogen-bond donors (Lipinski definition) is 2. The summed E-state index contributed by atoms with van der Waals surface area (Å²) in [6, 6.07) is 40.3. The van der Waals surface area contributed by atoms with Crippen LogP contribution in [0.2, 0.25) is 0 Å². The second-order valence-electron chi connectivity index (χ2n) is 15.4. The monoisotopic (exact) mass is 787 g/mol. The first-order chi connectivity index (χ1) is 28.7. The molecule has 1 aromatic heterocycles. The highest BCUT2D eigenvalue weighted by atomic mass is 16.6. The number of nitrogens with one attached hydrogen (secondary N) is 1. The lowest BCUT2D eigenvalue weighted by Crippen LogP contribution is -2.55. The van der Waals surface area contributed by atoms with Gasteiger partial charge in [-0.25, -0.2) is 4.79 Å². The Labute approximate surface area is 345 Å². The number of aryl methyl sites for hydroxylation is 1. The molecule has 4 unspecified atom stereocenters. The predicted molar refractivity (Wildman–Crippen MR) is 227 cm³/mol. The molecule has 9 nitrogen and oxygen atoms in total. The van der Waals surface area contributed by atoms with E-state index < -0.39 is 18.1 Å². The molecule has 2 N–H and O–H groups in total. The van der Waals surface area contributed by atoms with Gasteiger partial charge in [0, 0.05) is 30.9 Å². The van der Waals surface area contributed by atoms with E-state index in [9.17, 15) is 14.7 Å². The van der Waals surface area contributed by atoms with Gasteiger partial charge < -0.3 is 24.6 Å². The molecule has 8 rings (SSSR count). The number of pyridine rings is 1. The summed E-state index contributed by atoms with van der Waals surface area (Å²) < 4.78 is 18.9. The molecule has 3 heterocycles. The summed E-state index contributed by atoms with van der Waals surface area (Å²) in [6.07, 6.45) is 2.79. The Bertz CT molecular complexity index is 2400. The van der Waals surface area contributed by atoms with Crippen molar-refractivity contribution in [1.29, 1.82) is 0 Å². The average Bonchev–Trinajstić information content (AvgIpc) is 3.26. The lowest BCUT2D eigenvalue weighted by atomic mass is 9.89. The first-order valence-electron chi connectivity index (χ1n) is 20.3. The van der Waals surface area contributed by atoms with Gasteiger partial charge in [-0.2, -0.15) is 0 Å². The third-order valence-electron chi connectivity index (χ3n) is 11.6. The number of aliphatic carboxylic acids is 1. The fraction of sp³-hybridized carbons (Fsp3) is 0.260. The van der Waals surface area contributed by atoms with Gasteiger partial charge in [0.2, 0.25) is 5.91 Å². The van der Waals surface area contributed by atoms with Gasteiger partial charge in [0.05, 0.1) is 6.04 Å². The summed E-state index contributed by atoms with van der Waals surface area (Å²) in [4.78, 5) is 33.7. The van der Waals surface area contributed by atoms with Crippen LogP contribution in [-0.2, 0) is 35.6 Å². The number of hydrogen-bond acceptors (Lipinski definition) is 7. The molecular formula is C50H49N3O6. The smallest absolute Gasteiger partial charge is 0.326 e. The molecule has 0 spiro atoms. The first-order valence-corrected chi connectivity index (χ1v) is 20.3. The molecule has 9 heteroatoms. The van der Waals surface area contributed by atoms with Crippen LogP contribution in [0, 0.1) is 13.8 Å². The van der Waals surface area contributed by atoms with Crippen molar-refractivity contribution < 1.29 is 28.9 Å². The van der Waals surface area contributed by atoms with E-state index >= 15 is 0 Å². The minimum atomic E-state index is -1.11. The number of carbonyl (C=O) groups excluding carboxylic acids is 1. The lowest BCUT2D eigenvalue weighted by molar-refractivity contribution is -0.143. The Morgan fingerprint density at radius 2 is 1.58 bits per heavy atom. The summed E-state index contributed by atoms with van der Waals surface area (Å²) in [7, 11) is 0. The van der Waals surface area contributed by atoms with E-state index in [1.807, 2.05) is 129 Å². The van der Waals surface area contributed by atoms with Crippen LogP contribution >= 0.6 is 0 Å². The van der Waals surface area contributed by atoms with Gasteiger partial charge in [0.25, 0.3) is 0 Å². The van der Waals surface area contributed by atoms with Gasteiger partial charge in [0.1, 0.15) is 25.0 Å². The maximum absolute atomic E-state index is 14.4. The fourth-order valence-electron chi connectivity index (χ4n) is 8.24. The second-order valence-corrected chi connectivity index (χ2v) is 15.4. The Kier molecular flexibility index (Phi) is 11.7. The Morgan fingerprint density at radius 1 is 0.864 bits per heavy atom. The summed E-state index contributed by atoms with van der Waals surface area (Å²) in [5, 5.41) is 13.3. The first kappa shape index (κ1) is 39.4. The van der Waals surface area contributed by atoms with Gasteiger partial charge in [0.15, 0.2) is 17.6 Å². The zero-order chi connectivity index (χ0) is 40.9. The normalized spacial score (nSPS) is 17.0. The van der Waals surface area contributed by atoms with Crippen molar-refractivity contribution in [3.63, 3.8) is 0 Å². The molecule has 0 fully saturated rings. The van der Waals surface area contributed by atoms with Crippen molar-refractivity contribution in [2.75, 3.05) is 6.61 Å². The highest BCUT2D eigenvalue weighted by molar-refractivity contribution is 5.87. The van der Waals surface area contributed by atoms with E-state index in [0.29, 0.717) is 37.7 Å². The van der Waals surface area contributed by atoms with Gasteiger partial charge in [-0.3, -0.25) is 14.7 Å². The number of carboxylic acids is 1. The molecule has 0 saturated carbocycles. The Morgan fingerprint density at radius 3 is 2.29 bits per heavy atom.